The van der Waals surface area contributed by atoms with Crippen LogP contribution in [0.5, 0.6) is 5.75 Å². The number of hydrogen-bond acceptors (Lipinski definition) is 3. The first-order chi connectivity index (χ1) is 10.5. The molecule has 1 aromatic rings. The highest BCUT2D eigenvalue weighted by atomic mass is 16.5. The van der Waals surface area contributed by atoms with Crippen molar-refractivity contribution in [2.24, 2.45) is 17.3 Å². The number of ether oxygens (including phenoxy) is 1. The molecule has 0 saturated heterocycles. The fraction of sp³-hybridized carbons (Fsp3) is 0.412. The maximum absolute atomic E-state index is 12.3. The molecule has 2 N–H and O–H groups in total. The fourth-order valence-electron chi connectivity index (χ4n) is 3.65. The zero-order valence-corrected chi connectivity index (χ0v) is 12.4. The van der Waals surface area contributed by atoms with E-state index in [4.69, 9.17) is 4.74 Å². The molecule has 1 amide bonds. The number of hydrogen-bond donors (Lipinski definition) is 2. The molecular formula is C17H19NO4. The van der Waals surface area contributed by atoms with E-state index in [9.17, 15) is 14.7 Å². The van der Waals surface area contributed by atoms with Gasteiger partial charge in [-0.3, -0.25) is 9.59 Å². The van der Waals surface area contributed by atoms with Crippen LogP contribution in [0, 0.1) is 17.3 Å². The van der Waals surface area contributed by atoms with E-state index in [0.717, 1.165) is 6.42 Å². The molecule has 0 heterocycles. The number of fused-ring (bicyclic) bond motifs is 2. The van der Waals surface area contributed by atoms with Crippen LogP contribution in [0.3, 0.4) is 0 Å². The Morgan fingerprint density at radius 3 is 2.55 bits per heavy atom. The number of carbonyl (C=O) groups excluding carboxylic acids is 1. The number of anilines is 1. The first-order valence-electron chi connectivity index (χ1n) is 7.39. The Morgan fingerprint density at radius 2 is 2.05 bits per heavy atom. The summed E-state index contributed by atoms with van der Waals surface area (Å²) in [5.41, 5.74) is -0.305. The molecule has 2 aliphatic carbocycles. The van der Waals surface area contributed by atoms with E-state index in [1.165, 1.54) is 0 Å². The Labute approximate surface area is 129 Å². The maximum Gasteiger partial charge on any atom is 0.310 e. The molecule has 5 nitrogen and oxygen atoms in total. The molecule has 5 heteroatoms. The SMILES string of the molecule is COc1ccc(NC(=O)C[C@]2(C(=O)O)C[C@@H]3C=C[C@H]2C3)cc1. The van der Waals surface area contributed by atoms with Crippen molar-refractivity contribution in [2.45, 2.75) is 19.3 Å². The molecule has 0 aromatic heterocycles. The molecule has 0 radical (unpaired) electrons. The van der Waals surface area contributed by atoms with Crippen molar-refractivity contribution in [3.8, 4) is 5.75 Å². The summed E-state index contributed by atoms with van der Waals surface area (Å²) in [4.78, 5) is 24.0. The molecule has 22 heavy (non-hydrogen) atoms. The Hall–Kier alpha value is -2.30. The number of rotatable bonds is 5. The molecule has 1 aromatic carbocycles. The maximum atomic E-state index is 12.3. The van der Waals surface area contributed by atoms with Gasteiger partial charge in [0.1, 0.15) is 5.75 Å². The van der Waals surface area contributed by atoms with Gasteiger partial charge < -0.3 is 15.2 Å². The van der Waals surface area contributed by atoms with Crippen LogP contribution in [0.1, 0.15) is 19.3 Å². The van der Waals surface area contributed by atoms with Gasteiger partial charge in [-0.15, -0.1) is 0 Å². The normalized spacial score (nSPS) is 28.6. The number of carboxylic acid groups (broad SMARTS) is 1. The van der Waals surface area contributed by atoms with Crippen molar-refractivity contribution < 1.29 is 19.4 Å². The lowest BCUT2D eigenvalue weighted by atomic mass is 9.73. The average Bonchev–Trinajstić information content (AvgIpc) is 3.09. The van der Waals surface area contributed by atoms with Crippen LogP contribution in [-0.4, -0.2) is 24.1 Å². The van der Waals surface area contributed by atoms with Crippen molar-refractivity contribution in [3.05, 3.63) is 36.4 Å². The van der Waals surface area contributed by atoms with Crippen molar-refractivity contribution in [1.82, 2.24) is 0 Å². The topological polar surface area (TPSA) is 75.6 Å². The lowest BCUT2D eigenvalue weighted by Gasteiger charge is -2.30. The lowest BCUT2D eigenvalue weighted by molar-refractivity contribution is -0.153. The van der Waals surface area contributed by atoms with Gasteiger partial charge in [-0.1, -0.05) is 12.2 Å². The predicted molar refractivity (Wildman–Crippen MR) is 81.7 cm³/mol. The molecule has 1 saturated carbocycles. The molecule has 0 spiro atoms. The van der Waals surface area contributed by atoms with Gasteiger partial charge in [0.25, 0.3) is 0 Å². The Balaban J connectivity index is 1.70. The number of nitrogens with one attached hydrogen (secondary N) is 1. The third-order valence-electron chi connectivity index (χ3n) is 4.78. The van der Waals surface area contributed by atoms with E-state index in [-0.39, 0.29) is 18.2 Å². The predicted octanol–water partition coefficient (Wildman–Crippen LogP) is 2.69. The van der Waals surface area contributed by atoms with Gasteiger partial charge in [-0.25, -0.2) is 0 Å². The van der Waals surface area contributed by atoms with Gasteiger partial charge in [-0.05, 0) is 48.9 Å². The quantitative estimate of drug-likeness (QED) is 0.820. The van der Waals surface area contributed by atoms with Gasteiger partial charge >= 0.3 is 5.97 Å². The fourth-order valence-corrected chi connectivity index (χ4v) is 3.65. The minimum Gasteiger partial charge on any atom is -0.497 e. The van der Waals surface area contributed by atoms with E-state index in [1.807, 2.05) is 6.08 Å². The van der Waals surface area contributed by atoms with E-state index in [0.29, 0.717) is 23.8 Å². The third-order valence-corrected chi connectivity index (χ3v) is 4.78. The van der Waals surface area contributed by atoms with E-state index in [2.05, 4.69) is 11.4 Å². The second-order valence-electron chi connectivity index (χ2n) is 6.11. The lowest BCUT2D eigenvalue weighted by Crippen LogP contribution is -2.38. The van der Waals surface area contributed by atoms with E-state index < -0.39 is 11.4 Å². The van der Waals surface area contributed by atoms with Crippen molar-refractivity contribution in [2.75, 3.05) is 12.4 Å². The van der Waals surface area contributed by atoms with Crippen LogP contribution in [-0.2, 0) is 9.59 Å². The van der Waals surface area contributed by atoms with Crippen LogP contribution in [0.15, 0.2) is 36.4 Å². The highest BCUT2D eigenvalue weighted by Gasteiger charge is 2.54. The van der Waals surface area contributed by atoms with Crippen LogP contribution in [0.4, 0.5) is 5.69 Å². The number of allylic oxidation sites excluding steroid dienone is 2. The van der Waals surface area contributed by atoms with Gasteiger partial charge in [0.2, 0.25) is 5.91 Å². The zero-order valence-electron chi connectivity index (χ0n) is 12.4. The largest absolute Gasteiger partial charge is 0.497 e. The first kappa shape index (κ1) is 14.6. The summed E-state index contributed by atoms with van der Waals surface area (Å²) in [5.74, 6) is -0.146. The van der Waals surface area contributed by atoms with Crippen molar-refractivity contribution >= 4 is 17.6 Å². The molecule has 0 unspecified atom stereocenters. The van der Waals surface area contributed by atoms with Gasteiger partial charge in [0.15, 0.2) is 0 Å². The molecular weight excluding hydrogens is 282 g/mol. The zero-order chi connectivity index (χ0) is 15.7. The monoisotopic (exact) mass is 301 g/mol. The number of methoxy groups -OCH3 is 1. The molecule has 2 aliphatic rings. The summed E-state index contributed by atoms with van der Waals surface area (Å²) in [5, 5.41) is 12.4. The van der Waals surface area contributed by atoms with E-state index in [1.54, 1.807) is 31.4 Å². The molecule has 116 valence electrons. The van der Waals surface area contributed by atoms with Gasteiger partial charge in [-0.2, -0.15) is 0 Å². The number of aliphatic carboxylic acids is 1. The number of carbonyl (C=O) groups is 2. The highest BCUT2D eigenvalue weighted by Crippen LogP contribution is 2.54. The second-order valence-corrected chi connectivity index (χ2v) is 6.11. The first-order valence-corrected chi connectivity index (χ1v) is 7.39. The minimum absolute atomic E-state index is 0.0138. The van der Waals surface area contributed by atoms with E-state index >= 15 is 0 Å². The summed E-state index contributed by atoms with van der Waals surface area (Å²) in [6.45, 7) is 0. The minimum atomic E-state index is -0.948. The third kappa shape index (κ3) is 2.47. The highest BCUT2D eigenvalue weighted by molar-refractivity contribution is 5.94. The van der Waals surface area contributed by atoms with Gasteiger partial charge in [0, 0.05) is 12.1 Å². The molecule has 0 aliphatic heterocycles. The van der Waals surface area contributed by atoms with Crippen LogP contribution < -0.4 is 10.1 Å². The smallest absolute Gasteiger partial charge is 0.310 e. The standard InChI is InChI=1S/C17H19NO4/c1-22-14-6-4-13(5-7-14)18-15(19)10-17(16(20)21)9-11-2-3-12(17)8-11/h2-7,11-12H,8-10H2,1H3,(H,18,19)(H,20,21)/t11-,12+,17-/m1/s1. The average molecular weight is 301 g/mol. The number of benzene rings is 1. The van der Waals surface area contributed by atoms with Crippen LogP contribution in [0.2, 0.25) is 0 Å². The molecule has 2 bridgehead atoms. The van der Waals surface area contributed by atoms with Crippen molar-refractivity contribution in [3.63, 3.8) is 0 Å². The number of amides is 1. The second kappa shape index (κ2) is 5.48. The summed E-state index contributed by atoms with van der Waals surface area (Å²) in [6.07, 6.45) is 5.46. The molecule has 1 fully saturated rings. The Morgan fingerprint density at radius 1 is 1.32 bits per heavy atom. The molecule has 3 rings (SSSR count). The Bertz CT molecular complexity index is 622. The summed E-state index contributed by atoms with van der Waals surface area (Å²) in [6, 6.07) is 6.99. The summed E-state index contributed by atoms with van der Waals surface area (Å²) >= 11 is 0. The van der Waals surface area contributed by atoms with Crippen molar-refractivity contribution in [1.29, 1.82) is 0 Å². The summed E-state index contributed by atoms with van der Waals surface area (Å²) < 4.78 is 5.06. The summed E-state index contributed by atoms with van der Waals surface area (Å²) in [7, 11) is 1.58. The van der Waals surface area contributed by atoms with Crippen LogP contribution >= 0.6 is 0 Å². The number of carboxylic acids is 1. The van der Waals surface area contributed by atoms with Crippen LogP contribution in [0.25, 0.3) is 0 Å². The molecule has 3 atom stereocenters. The Kier molecular flexibility index (Phi) is 3.64. The van der Waals surface area contributed by atoms with Gasteiger partial charge in [0.05, 0.1) is 12.5 Å².